The molecule has 0 spiro atoms. The number of piperidine rings is 1. The van der Waals surface area contributed by atoms with Crippen LogP contribution < -0.4 is 10.6 Å². The van der Waals surface area contributed by atoms with Crippen molar-refractivity contribution in [3.8, 4) is 11.1 Å². The number of thioether (sulfide) groups is 1. The highest BCUT2D eigenvalue weighted by atomic mass is 35.5. The van der Waals surface area contributed by atoms with Crippen molar-refractivity contribution >= 4 is 57.6 Å². The molecule has 1 amide bonds. The van der Waals surface area contributed by atoms with Crippen molar-refractivity contribution in [2.75, 3.05) is 56.6 Å². The summed E-state index contributed by atoms with van der Waals surface area (Å²) >= 11 is 14.6. The highest BCUT2D eigenvalue weighted by Gasteiger charge is 2.36. The molecule has 5 heterocycles. The molecule has 0 aliphatic carbocycles. The van der Waals surface area contributed by atoms with Gasteiger partial charge in [-0.15, -0.1) is 11.8 Å². The fraction of sp³-hybridized carbons (Fsp3) is 0.485. The maximum atomic E-state index is 15.4. The number of carbonyl (C=O) groups is 1. The zero-order valence-electron chi connectivity index (χ0n) is 25.5. The van der Waals surface area contributed by atoms with Crippen LogP contribution in [0.3, 0.4) is 0 Å². The number of carbonyl (C=O) groups excluding carboxylic acids is 1. The van der Waals surface area contributed by atoms with Crippen molar-refractivity contribution in [3.63, 3.8) is 0 Å². The maximum absolute atomic E-state index is 15.4. The van der Waals surface area contributed by atoms with Gasteiger partial charge in [0.15, 0.2) is 0 Å². The number of likely N-dealkylation sites (tertiary alicyclic amines) is 1. The molecule has 7 rings (SSSR count). The first-order valence-corrected chi connectivity index (χ1v) is 17.4. The molecule has 3 fully saturated rings. The lowest BCUT2D eigenvalue weighted by atomic mass is 9.89. The monoisotopic (exact) mass is 689 g/mol. The third-order valence-corrected chi connectivity index (χ3v) is 11.8. The molecule has 0 N–H and O–H groups in total. The van der Waals surface area contributed by atoms with Crippen LogP contribution in [0.25, 0.3) is 22.0 Å². The number of piperazine rings is 1. The smallest absolute Gasteiger partial charge is 0.350 e. The molecule has 3 aromatic rings. The van der Waals surface area contributed by atoms with Gasteiger partial charge in [0.25, 0.3) is 0 Å². The molecule has 13 heteroatoms. The lowest BCUT2D eigenvalue weighted by Gasteiger charge is -2.42. The minimum atomic E-state index is -0.858. The van der Waals surface area contributed by atoms with E-state index in [9.17, 15) is 14.0 Å². The second-order valence-corrected chi connectivity index (χ2v) is 14.5. The summed E-state index contributed by atoms with van der Waals surface area (Å²) in [5.41, 5.74) is 0.735. The van der Waals surface area contributed by atoms with Crippen LogP contribution in [0.2, 0.25) is 10.0 Å². The lowest BCUT2D eigenvalue weighted by molar-refractivity contribution is -0.126. The molecular formula is C33H35Cl2F2N5O3S. The summed E-state index contributed by atoms with van der Waals surface area (Å²) in [7, 11) is 0. The minimum Gasteiger partial charge on any atom is -0.378 e. The Balaban J connectivity index is 1.32. The van der Waals surface area contributed by atoms with Gasteiger partial charge in [-0.3, -0.25) is 14.3 Å². The number of amides is 1. The molecule has 0 radical (unpaired) electrons. The maximum Gasteiger partial charge on any atom is 0.350 e. The first-order chi connectivity index (χ1) is 22.1. The average Bonchev–Trinajstić information content (AvgIpc) is 3.01. The van der Waals surface area contributed by atoms with Gasteiger partial charge in [0.05, 0.1) is 34.8 Å². The van der Waals surface area contributed by atoms with Crippen LogP contribution in [-0.4, -0.2) is 89.0 Å². The van der Waals surface area contributed by atoms with Crippen LogP contribution in [0.4, 0.5) is 14.6 Å². The Labute approximate surface area is 280 Å². The zero-order chi connectivity index (χ0) is 32.3. The predicted octanol–water partition coefficient (Wildman–Crippen LogP) is 6.02. The van der Waals surface area contributed by atoms with Crippen molar-refractivity contribution in [2.24, 2.45) is 5.92 Å². The second kappa shape index (κ2) is 12.7. The number of rotatable bonds is 6. The highest BCUT2D eigenvalue weighted by molar-refractivity contribution is 7.99. The van der Waals surface area contributed by atoms with Gasteiger partial charge in [0.1, 0.15) is 17.5 Å². The number of ether oxygens (including phenoxy) is 1. The molecule has 3 saturated heterocycles. The van der Waals surface area contributed by atoms with Crippen molar-refractivity contribution in [1.82, 2.24) is 19.4 Å². The van der Waals surface area contributed by atoms with Crippen LogP contribution in [0.5, 0.6) is 0 Å². The molecule has 46 heavy (non-hydrogen) atoms. The van der Waals surface area contributed by atoms with Crippen LogP contribution >= 0.6 is 35.0 Å². The number of benzene rings is 2. The Morgan fingerprint density at radius 2 is 1.87 bits per heavy atom. The summed E-state index contributed by atoms with van der Waals surface area (Å²) in [4.78, 5) is 38.1. The summed E-state index contributed by atoms with van der Waals surface area (Å²) in [6, 6.07) is 4.01. The van der Waals surface area contributed by atoms with Crippen LogP contribution in [0.1, 0.15) is 32.2 Å². The molecule has 2 atom stereocenters. The van der Waals surface area contributed by atoms with Gasteiger partial charge in [0, 0.05) is 64.9 Å². The van der Waals surface area contributed by atoms with Gasteiger partial charge in [-0.05, 0) is 63.4 Å². The summed E-state index contributed by atoms with van der Waals surface area (Å²) in [6.07, 6.45) is 4.22. The Bertz CT molecular complexity index is 1780. The standard InChI is InChI=1S/C33H35Cl2F2N5O3S/c1-3-28(43)40-8-9-41(18(2)14-40)32-23-12-25(35)29(22-11-24(34)27(37)13-26(22)36)31-30(23)42(33(44)38-32)20(17-46-31)10-19-4-6-39(7-5-19)21-15-45-16-21/h3,11-13,18-21H,1,4-10,14-17H2,2H3/t18-,20-/m0/s1. The van der Waals surface area contributed by atoms with Crippen LogP contribution in [0, 0.1) is 17.6 Å². The molecule has 0 bridgehead atoms. The van der Waals surface area contributed by atoms with Gasteiger partial charge in [-0.2, -0.15) is 4.98 Å². The number of hydrogen-bond donors (Lipinski definition) is 0. The normalized spacial score (nSPS) is 22.7. The van der Waals surface area contributed by atoms with Gasteiger partial charge in [-0.1, -0.05) is 29.8 Å². The lowest BCUT2D eigenvalue weighted by Crippen LogP contribution is -2.54. The van der Waals surface area contributed by atoms with E-state index < -0.39 is 11.6 Å². The van der Waals surface area contributed by atoms with Gasteiger partial charge in [-0.25, -0.2) is 13.6 Å². The van der Waals surface area contributed by atoms with E-state index in [2.05, 4.69) is 16.5 Å². The van der Waals surface area contributed by atoms with E-state index in [1.807, 2.05) is 11.8 Å². The summed E-state index contributed by atoms with van der Waals surface area (Å²) in [6.45, 7) is 10.6. The van der Waals surface area contributed by atoms with E-state index in [-0.39, 0.29) is 39.3 Å². The first kappa shape index (κ1) is 31.9. The van der Waals surface area contributed by atoms with E-state index >= 15 is 4.39 Å². The van der Waals surface area contributed by atoms with E-state index in [1.165, 1.54) is 23.9 Å². The summed E-state index contributed by atoms with van der Waals surface area (Å²) in [5, 5.41) is 0.722. The quantitative estimate of drug-likeness (QED) is 0.232. The van der Waals surface area contributed by atoms with Crippen molar-refractivity contribution in [2.45, 2.75) is 49.2 Å². The van der Waals surface area contributed by atoms with Crippen molar-refractivity contribution in [3.05, 3.63) is 63.0 Å². The Morgan fingerprint density at radius 1 is 1.11 bits per heavy atom. The van der Waals surface area contributed by atoms with E-state index in [0.717, 1.165) is 51.6 Å². The third-order valence-electron chi connectivity index (χ3n) is 9.94. The molecule has 0 saturated carbocycles. The molecule has 244 valence electrons. The molecule has 2 aromatic carbocycles. The number of halogens is 4. The summed E-state index contributed by atoms with van der Waals surface area (Å²) < 4.78 is 36.7. The molecular weight excluding hydrogens is 655 g/mol. The van der Waals surface area contributed by atoms with Gasteiger partial charge >= 0.3 is 5.69 Å². The van der Waals surface area contributed by atoms with Gasteiger partial charge in [0.2, 0.25) is 5.91 Å². The summed E-state index contributed by atoms with van der Waals surface area (Å²) in [5.74, 6) is -0.271. The van der Waals surface area contributed by atoms with Crippen LogP contribution in [-0.2, 0) is 9.53 Å². The van der Waals surface area contributed by atoms with Crippen molar-refractivity contribution < 1.29 is 18.3 Å². The Morgan fingerprint density at radius 3 is 2.54 bits per heavy atom. The minimum absolute atomic E-state index is 0.0777. The number of hydrogen-bond acceptors (Lipinski definition) is 7. The third kappa shape index (κ3) is 5.61. The van der Waals surface area contributed by atoms with Crippen molar-refractivity contribution in [1.29, 1.82) is 0 Å². The molecule has 4 aliphatic heterocycles. The Hall–Kier alpha value is -2.70. The topological polar surface area (TPSA) is 70.9 Å². The van der Waals surface area contributed by atoms with E-state index in [1.54, 1.807) is 15.5 Å². The second-order valence-electron chi connectivity index (χ2n) is 12.7. The SMILES string of the molecule is C=CC(=O)N1CCN(c2nc(=O)n3c4c(c(-c5cc(Cl)c(F)cc5F)c(Cl)cc24)SC[C@@H]3CC2CCN(C3COC3)CC2)[C@@H](C)C1. The zero-order valence-corrected chi connectivity index (χ0v) is 27.8. The molecule has 0 unspecified atom stereocenters. The number of aromatic nitrogens is 2. The number of anilines is 1. The average molecular weight is 691 g/mol. The highest BCUT2D eigenvalue weighted by Crippen LogP contribution is 2.49. The fourth-order valence-electron chi connectivity index (χ4n) is 7.39. The van der Waals surface area contributed by atoms with E-state index in [0.29, 0.717) is 64.5 Å². The number of nitrogens with zero attached hydrogens (tertiary/aromatic N) is 5. The van der Waals surface area contributed by atoms with Gasteiger partial charge < -0.3 is 14.5 Å². The largest absolute Gasteiger partial charge is 0.378 e. The Kier molecular flexibility index (Phi) is 8.82. The van der Waals surface area contributed by atoms with Crippen LogP contribution in [0.15, 0.2) is 40.5 Å². The predicted molar refractivity (Wildman–Crippen MR) is 178 cm³/mol. The fourth-order valence-corrected chi connectivity index (χ4v) is 9.27. The van der Waals surface area contributed by atoms with E-state index in [4.69, 9.17) is 27.9 Å². The molecule has 8 nitrogen and oxygen atoms in total. The molecule has 4 aliphatic rings. The first-order valence-electron chi connectivity index (χ1n) is 15.7. The molecule has 1 aromatic heterocycles.